The molecule has 2 fully saturated rings. The van der Waals surface area contributed by atoms with Gasteiger partial charge in [0.05, 0.1) is 18.6 Å². The van der Waals surface area contributed by atoms with Crippen LogP contribution in [0.3, 0.4) is 0 Å². The monoisotopic (exact) mass is 516 g/mol. The van der Waals surface area contributed by atoms with Crippen molar-refractivity contribution in [2.75, 3.05) is 39.8 Å². The van der Waals surface area contributed by atoms with Crippen molar-refractivity contribution in [2.24, 2.45) is 11.8 Å². The van der Waals surface area contributed by atoms with Gasteiger partial charge in [-0.2, -0.15) is 0 Å². The number of ether oxygens (including phenoxy) is 1. The molecule has 37 heavy (non-hydrogen) atoms. The lowest BCUT2D eigenvalue weighted by Crippen LogP contribution is -2.51. The van der Waals surface area contributed by atoms with Crippen LogP contribution >= 0.6 is 0 Å². The standard InChI is InChI=1S/C26H36N4O7/c1-37-26(36)19-7-5-18(6-8-19)24(33)29-21(25(34)35)15-28-23(32)20-3-2-14-30(16-20)22(31)9-4-17-10-12-27-13-11-17/h5-8,17,20-21,27H,2-4,9-16H2,1H3,(H,28,32)(H,29,33)(H,34,35)/t20-,21?/m1/s1. The Labute approximate surface area is 216 Å². The molecule has 0 spiro atoms. The van der Waals surface area contributed by atoms with Gasteiger partial charge in [-0.15, -0.1) is 0 Å². The summed E-state index contributed by atoms with van der Waals surface area (Å²) in [6, 6.07) is 4.24. The molecule has 0 aromatic heterocycles. The number of carbonyl (C=O) groups is 5. The predicted molar refractivity (Wildman–Crippen MR) is 134 cm³/mol. The van der Waals surface area contributed by atoms with Gasteiger partial charge in [0, 0.05) is 31.6 Å². The van der Waals surface area contributed by atoms with Crippen LogP contribution < -0.4 is 16.0 Å². The Balaban J connectivity index is 1.47. The topological polar surface area (TPSA) is 154 Å². The zero-order valence-corrected chi connectivity index (χ0v) is 21.2. The van der Waals surface area contributed by atoms with Gasteiger partial charge in [-0.1, -0.05) is 0 Å². The second-order valence-corrected chi connectivity index (χ2v) is 9.59. The molecule has 3 amide bonds. The summed E-state index contributed by atoms with van der Waals surface area (Å²) in [5.41, 5.74) is 0.420. The molecule has 1 aromatic rings. The van der Waals surface area contributed by atoms with E-state index in [2.05, 4.69) is 20.7 Å². The number of rotatable bonds is 10. The van der Waals surface area contributed by atoms with Crippen molar-refractivity contribution < 1.29 is 33.8 Å². The average molecular weight is 517 g/mol. The molecule has 0 bridgehead atoms. The molecule has 4 N–H and O–H groups in total. The van der Waals surface area contributed by atoms with E-state index in [-0.39, 0.29) is 29.5 Å². The van der Waals surface area contributed by atoms with E-state index in [1.807, 2.05) is 0 Å². The van der Waals surface area contributed by atoms with Gasteiger partial charge in [-0.25, -0.2) is 9.59 Å². The molecule has 1 unspecified atom stereocenters. The van der Waals surface area contributed by atoms with Gasteiger partial charge < -0.3 is 30.7 Å². The summed E-state index contributed by atoms with van der Waals surface area (Å²) in [5, 5.41) is 17.9. The van der Waals surface area contributed by atoms with Gasteiger partial charge in [-0.05, 0) is 75.4 Å². The van der Waals surface area contributed by atoms with E-state index < -0.39 is 29.8 Å². The summed E-state index contributed by atoms with van der Waals surface area (Å²) in [6.45, 7) is 2.62. The van der Waals surface area contributed by atoms with E-state index in [9.17, 15) is 29.1 Å². The van der Waals surface area contributed by atoms with Crippen LogP contribution in [0, 0.1) is 11.8 Å². The number of hydrogen-bond acceptors (Lipinski definition) is 7. The van der Waals surface area contributed by atoms with Crippen LogP contribution in [0.1, 0.15) is 59.2 Å². The lowest BCUT2D eigenvalue weighted by molar-refractivity contribution is -0.139. The van der Waals surface area contributed by atoms with E-state index in [4.69, 9.17) is 0 Å². The molecule has 0 saturated carbocycles. The first-order chi connectivity index (χ1) is 17.8. The quantitative estimate of drug-likeness (QED) is 0.333. The molecule has 202 valence electrons. The molecular weight excluding hydrogens is 480 g/mol. The van der Waals surface area contributed by atoms with Crippen LogP contribution in [0.15, 0.2) is 24.3 Å². The Hall–Kier alpha value is -3.47. The summed E-state index contributed by atoms with van der Waals surface area (Å²) < 4.78 is 4.61. The van der Waals surface area contributed by atoms with Crippen molar-refractivity contribution in [2.45, 2.75) is 44.6 Å². The van der Waals surface area contributed by atoms with E-state index in [1.165, 1.54) is 31.4 Å². The molecule has 3 rings (SSSR count). The number of methoxy groups -OCH3 is 1. The Morgan fingerprint density at radius 1 is 1.08 bits per heavy atom. The minimum absolute atomic E-state index is 0.0601. The number of piperidine rings is 2. The van der Waals surface area contributed by atoms with E-state index >= 15 is 0 Å². The number of amides is 3. The Bertz CT molecular complexity index is 976. The molecule has 2 heterocycles. The second-order valence-electron chi connectivity index (χ2n) is 9.59. The number of aliphatic carboxylic acids is 1. The molecule has 2 atom stereocenters. The van der Waals surface area contributed by atoms with Crippen LogP contribution in [0.2, 0.25) is 0 Å². The largest absolute Gasteiger partial charge is 0.480 e. The Morgan fingerprint density at radius 3 is 2.41 bits per heavy atom. The molecular formula is C26H36N4O7. The van der Waals surface area contributed by atoms with Crippen molar-refractivity contribution in [1.29, 1.82) is 0 Å². The SMILES string of the molecule is COC(=O)c1ccc(C(=O)NC(CNC(=O)[C@@H]2CCCN(C(=O)CCC3CCNCC3)C2)C(=O)O)cc1. The first kappa shape index (κ1) is 28.1. The maximum absolute atomic E-state index is 12.8. The minimum atomic E-state index is -1.34. The fourth-order valence-electron chi connectivity index (χ4n) is 4.74. The van der Waals surface area contributed by atoms with Crippen LogP contribution in [0.25, 0.3) is 0 Å². The number of esters is 1. The minimum Gasteiger partial charge on any atom is -0.480 e. The fraction of sp³-hybridized carbons (Fsp3) is 0.577. The maximum atomic E-state index is 12.8. The third-order valence-electron chi connectivity index (χ3n) is 7.02. The van der Waals surface area contributed by atoms with Crippen LogP contribution in [-0.2, 0) is 19.1 Å². The maximum Gasteiger partial charge on any atom is 0.337 e. The van der Waals surface area contributed by atoms with Crippen molar-refractivity contribution in [3.8, 4) is 0 Å². The van der Waals surface area contributed by atoms with Gasteiger partial charge in [0.2, 0.25) is 11.8 Å². The highest BCUT2D eigenvalue weighted by molar-refractivity contribution is 5.98. The molecule has 2 saturated heterocycles. The third-order valence-corrected chi connectivity index (χ3v) is 7.02. The highest BCUT2D eigenvalue weighted by Crippen LogP contribution is 2.21. The number of benzene rings is 1. The highest BCUT2D eigenvalue weighted by Gasteiger charge is 2.30. The summed E-state index contributed by atoms with van der Waals surface area (Å²) in [6.07, 6.45) is 4.82. The highest BCUT2D eigenvalue weighted by atomic mass is 16.5. The summed E-state index contributed by atoms with van der Waals surface area (Å²) in [5.74, 6) is -2.64. The van der Waals surface area contributed by atoms with E-state index in [0.29, 0.717) is 38.3 Å². The smallest absolute Gasteiger partial charge is 0.337 e. The average Bonchev–Trinajstić information content (AvgIpc) is 2.93. The number of likely N-dealkylation sites (tertiary alicyclic amines) is 1. The Morgan fingerprint density at radius 2 is 1.76 bits per heavy atom. The lowest BCUT2D eigenvalue weighted by atomic mass is 9.92. The second kappa shape index (κ2) is 13.7. The molecule has 2 aliphatic rings. The summed E-state index contributed by atoms with van der Waals surface area (Å²) in [4.78, 5) is 63.0. The van der Waals surface area contributed by atoms with Gasteiger partial charge >= 0.3 is 11.9 Å². The molecule has 1 aromatic carbocycles. The zero-order chi connectivity index (χ0) is 26.8. The van der Waals surface area contributed by atoms with Crippen LogP contribution in [0.5, 0.6) is 0 Å². The van der Waals surface area contributed by atoms with Crippen molar-refractivity contribution in [3.05, 3.63) is 35.4 Å². The molecule has 2 aliphatic heterocycles. The van der Waals surface area contributed by atoms with Crippen molar-refractivity contribution in [1.82, 2.24) is 20.9 Å². The summed E-state index contributed by atoms with van der Waals surface area (Å²) in [7, 11) is 1.24. The molecule has 11 nitrogen and oxygen atoms in total. The zero-order valence-electron chi connectivity index (χ0n) is 21.2. The molecule has 11 heteroatoms. The lowest BCUT2D eigenvalue weighted by Gasteiger charge is -2.33. The van der Waals surface area contributed by atoms with Gasteiger partial charge in [0.15, 0.2) is 0 Å². The number of carbonyl (C=O) groups excluding carboxylic acids is 4. The molecule has 0 aliphatic carbocycles. The van der Waals surface area contributed by atoms with Gasteiger partial charge in [-0.3, -0.25) is 14.4 Å². The van der Waals surface area contributed by atoms with E-state index in [0.717, 1.165) is 32.4 Å². The number of nitrogens with zero attached hydrogens (tertiary/aromatic N) is 1. The van der Waals surface area contributed by atoms with Gasteiger partial charge in [0.25, 0.3) is 5.91 Å². The number of hydrogen-bond donors (Lipinski definition) is 4. The molecule has 0 radical (unpaired) electrons. The number of carboxylic acids is 1. The van der Waals surface area contributed by atoms with Crippen molar-refractivity contribution in [3.63, 3.8) is 0 Å². The first-order valence-electron chi connectivity index (χ1n) is 12.8. The normalized spacial score (nSPS) is 18.9. The van der Waals surface area contributed by atoms with Crippen LogP contribution in [0.4, 0.5) is 0 Å². The number of carboxylic acid groups (broad SMARTS) is 1. The van der Waals surface area contributed by atoms with Crippen LogP contribution in [-0.4, -0.2) is 85.5 Å². The number of nitrogens with one attached hydrogen (secondary N) is 3. The first-order valence-corrected chi connectivity index (χ1v) is 12.8. The van der Waals surface area contributed by atoms with E-state index in [1.54, 1.807) is 4.90 Å². The third kappa shape index (κ3) is 8.28. The fourth-order valence-corrected chi connectivity index (χ4v) is 4.74. The summed E-state index contributed by atoms with van der Waals surface area (Å²) >= 11 is 0. The Kier molecular flexibility index (Phi) is 10.4. The van der Waals surface area contributed by atoms with Crippen molar-refractivity contribution >= 4 is 29.7 Å². The van der Waals surface area contributed by atoms with Gasteiger partial charge in [0.1, 0.15) is 6.04 Å². The predicted octanol–water partition coefficient (Wildman–Crippen LogP) is 0.791.